The molecular weight excluding hydrogens is 232 g/mol. The summed E-state index contributed by atoms with van der Waals surface area (Å²) in [5.74, 6) is 0.924. The second kappa shape index (κ2) is 4.77. The first kappa shape index (κ1) is 11.8. The van der Waals surface area contributed by atoms with Crippen LogP contribution in [0.5, 0.6) is 5.75 Å². The molecule has 0 amide bonds. The maximum absolute atomic E-state index is 5.39. The van der Waals surface area contributed by atoms with Gasteiger partial charge in [0.25, 0.3) is 0 Å². The topological polar surface area (TPSA) is 9.23 Å². The molecule has 3 aromatic rings. The van der Waals surface area contributed by atoms with E-state index in [2.05, 4.69) is 55.5 Å². The molecule has 3 rings (SSSR count). The van der Waals surface area contributed by atoms with Crippen LogP contribution in [0.3, 0.4) is 0 Å². The summed E-state index contributed by atoms with van der Waals surface area (Å²) in [5.41, 5.74) is 3.77. The first-order chi connectivity index (χ1) is 9.28. The van der Waals surface area contributed by atoms with Gasteiger partial charge < -0.3 is 4.74 Å². The molecule has 0 bridgehead atoms. The molecule has 0 spiro atoms. The molecule has 1 heteroatoms. The molecule has 94 valence electrons. The van der Waals surface area contributed by atoms with Gasteiger partial charge in [-0.2, -0.15) is 0 Å². The Hall–Kier alpha value is -2.28. The third-order valence-corrected chi connectivity index (χ3v) is 3.45. The lowest BCUT2D eigenvalue weighted by molar-refractivity contribution is 0.420. The van der Waals surface area contributed by atoms with Crippen LogP contribution in [0.25, 0.3) is 21.9 Å². The van der Waals surface area contributed by atoms with Gasteiger partial charge in [0.05, 0.1) is 7.11 Å². The summed E-state index contributed by atoms with van der Waals surface area (Å²) in [4.78, 5) is 0. The van der Waals surface area contributed by atoms with Crippen molar-refractivity contribution >= 4 is 10.8 Å². The molecule has 0 radical (unpaired) electrons. The number of ether oxygens (including phenoxy) is 1. The van der Waals surface area contributed by atoms with Crippen LogP contribution in [0, 0.1) is 6.92 Å². The Morgan fingerprint density at radius 1 is 0.789 bits per heavy atom. The summed E-state index contributed by atoms with van der Waals surface area (Å²) in [6, 6.07) is 21.2. The van der Waals surface area contributed by atoms with Crippen molar-refractivity contribution in [2.45, 2.75) is 6.92 Å². The van der Waals surface area contributed by atoms with Crippen molar-refractivity contribution in [2.24, 2.45) is 0 Å². The van der Waals surface area contributed by atoms with E-state index in [1.165, 1.54) is 22.1 Å². The second-order valence-electron chi connectivity index (χ2n) is 4.76. The number of fused-ring (bicyclic) bond motifs is 1. The fraction of sp³-hybridized carbons (Fsp3) is 0.111. The summed E-state index contributed by atoms with van der Waals surface area (Å²) >= 11 is 0. The lowest BCUT2D eigenvalue weighted by Crippen LogP contribution is -1.85. The normalized spacial score (nSPS) is 10.6. The fourth-order valence-corrected chi connectivity index (χ4v) is 2.36. The Kier molecular flexibility index (Phi) is 2.96. The number of hydrogen-bond donors (Lipinski definition) is 0. The summed E-state index contributed by atoms with van der Waals surface area (Å²) in [5, 5.41) is 2.36. The highest BCUT2D eigenvalue weighted by Crippen LogP contribution is 2.29. The van der Waals surface area contributed by atoms with Crippen molar-refractivity contribution < 1.29 is 4.74 Å². The lowest BCUT2D eigenvalue weighted by Gasteiger charge is -2.08. The highest BCUT2D eigenvalue weighted by Gasteiger charge is 2.03. The van der Waals surface area contributed by atoms with E-state index in [4.69, 9.17) is 4.74 Å². The zero-order valence-electron chi connectivity index (χ0n) is 11.2. The Labute approximate surface area is 113 Å². The third kappa shape index (κ3) is 2.19. The molecule has 0 aromatic heterocycles. The Bertz CT molecular complexity index is 711. The predicted molar refractivity (Wildman–Crippen MR) is 80.7 cm³/mol. The van der Waals surface area contributed by atoms with Gasteiger partial charge in [-0.15, -0.1) is 0 Å². The highest BCUT2D eigenvalue weighted by atomic mass is 16.5. The van der Waals surface area contributed by atoms with Crippen LogP contribution >= 0.6 is 0 Å². The molecule has 0 fully saturated rings. The highest BCUT2D eigenvalue weighted by molar-refractivity contribution is 5.91. The van der Waals surface area contributed by atoms with Crippen molar-refractivity contribution in [1.82, 2.24) is 0 Å². The standard InChI is InChI=1S/C18H16O/c1-13-6-8-14(9-7-13)15-10-11-17-16(12-15)4-3-5-18(17)19-2/h3-12H,1-2H3. The van der Waals surface area contributed by atoms with Crippen LogP contribution in [0.2, 0.25) is 0 Å². The van der Waals surface area contributed by atoms with Crippen LogP contribution < -0.4 is 4.74 Å². The maximum Gasteiger partial charge on any atom is 0.126 e. The minimum absolute atomic E-state index is 0.924. The van der Waals surface area contributed by atoms with E-state index in [0.717, 1.165) is 11.1 Å². The zero-order valence-corrected chi connectivity index (χ0v) is 11.2. The van der Waals surface area contributed by atoms with Crippen LogP contribution in [0.15, 0.2) is 60.7 Å². The van der Waals surface area contributed by atoms with E-state index < -0.39 is 0 Å². The Morgan fingerprint density at radius 2 is 1.53 bits per heavy atom. The first-order valence-electron chi connectivity index (χ1n) is 6.42. The van der Waals surface area contributed by atoms with Crippen molar-refractivity contribution in [2.75, 3.05) is 7.11 Å². The smallest absolute Gasteiger partial charge is 0.126 e. The molecule has 0 aliphatic heterocycles. The molecule has 1 nitrogen and oxygen atoms in total. The maximum atomic E-state index is 5.39. The van der Waals surface area contributed by atoms with Gasteiger partial charge in [-0.05, 0) is 35.6 Å². The molecule has 0 heterocycles. The molecule has 19 heavy (non-hydrogen) atoms. The number of aryl methyl sites for hydroxylation is 1. The Morgan fingerprint density at radius 3 is 2.26 bits per heavy atom. The number of hydrogen-bond acceptors (Lipinski definition) is 1. The van der Waals surface area contributed by atoms with E-state index in [0.29, 0.717) is 0 Å². The average Bonchev–Trinajstić information content (AvgIpc) is 2.47. The van der Waals surface area contributed by atoms with Gasteiger partial charge in [-0.25, -0.2) is 0 Å². The van der Waals surface area contributed by atoms with Gasteiger partial charge in [0, 0.05) is 5.39 Å². The van der Waals surface area contributed by atoms with E-state index in [1.807, 2.05) is 12.1 Å². The van der Waals surface area contributed by atoms with Crippen molar-refractivity contribution in [3.8, 4) is 16.9 Å². The Balaban J connectivity index is 2.14. The fourth-order valence-electron chi connectivity index (χ4n) is 2.36. The predicted octanol–water partition coefficient (Wildman–Crippen LogP) is 4.82. The molecule has 0 aliphatic rings. The first-order valence-corrected chi connectivity index (χ1v) is 6.42. The zero-order chi connectivity index (χ0) is 13.2. The van der Waals surface area contributed by atoms with Gasteiger partial charge in [-0.3, -0.25) is 0 Å². The van der Waals surface area contributed by atoms with Crippen molar-refractivity contribution in [3.63, 3.8) is 0 Å². The average molecular weight is 248 g/mol. The van der Waals surface area contributed by atoms with Crippen molar-refractivity contribution in [3.05, 3.63) is 66.2 Å². The van der Waals surface area contributed by atoms with Crippen LogP contribution in [0.4, 0.5) is 0 Å². The van der Waals surface area contributed by atoms with Gasteiger partial charge in [0.2, 0.25) is 0 Å². The summed E-state index contributed by atoms with van der Waals surface area (Å²) in [7, 11) is 1.71. The number of benzene rings is 3. The van der Waals surface area contributed by atoms with Gasteiger partial charge in [-0.1, -0.05) is 54.1 Å². The van der Waals surface area contributed by atoms with Crippen molar-refractivity contribution in [1.29, 1.82) is 0 Å². The number of methoxy groups -OCH3 is 1. The third-order valence-electron chi connectivity index (χ3n) is 3.45. The monoisotopic (exact) mass is 248 g/mol. The van der Waals surface area contributed by atoms with Crippen LogP contribution in [-0.2, 0) is 0 Å². The molecule has 0 N–H and O–H groups in total. The number of rotatable bonds is 2. The summed E-state index contributed by atoms with van der Waals surface area (Å²) in [6.07, 6.45) is 0. The molecule has 0 saturated carbocycles. The van der Waals surface area contributed by atoms with Gasteiger partial charge in [0.15, 0.2) is 0 Å². The molecular formula is C18H16O. The lowest BCUT2D eigenvalue weighted by atomic mass is 10.00. The second-order valence-corrected chi connectivity index (χ2v) is 4.76. The van der Waals surface area contributed by atoms with Crippen LogP contribution in [-0.4, -0.2) is 7.11 Å². The minimum atomic E-state index is 0.924. The van der Waals surface area contributed by atoms with Gasteiger partial charge in [0.1, 0.15) is 5.75 Å². The van der Waals surface area contributed by atoms with E-state index in [9.17, 15) is 0 Å². The SMILES string of the molecule is COc1cccc2cc(-c3ccc(C)cc3)ccc12. The molecule has 0 atom stereocenters. The summed E-state index contributed by atoms with van der Waals surface area (Å²) < 4.78 is 5.39. The quantitative estimate of drug-likeness (QED) is 0.631. The van der Waals surface area contributed by atoms with E-state index in [1.54, 1.807) is 7.11 Å². The van der Waals surface area contributed by atoms with E-state index >= 15 is 0 Å². The molecule has 0 aliphatic carbocycles. The van der Waals surface area contributed by atoms with Gasteiger partial charge >= 0.3 is 0 Å². The summed E-state index contributed by atoms with van der Waals surface area (Å²) in [6.45, 7) is 2.11. The van der Waals surface area contributed by atoms with E-state index in [-0.39, 0.29) is 0 Å². The van der Waals surface area contributed by atoms with Crippen LogP contribution in [0.1, 0.15) is 5.56 Å². The molecule has 0 unspecified atom stereocenters. The largest absolute Gasteiger partial charge is 0.496 e. The minimum Gasteiger partial charge on any atom is -0.496 e. The molecule has 0 saturated heterocycles. The molecule has 3 aromatic carbocycles.